The van der Waals surface area contributed by atoms with Crippen LogP contribution in [0.2, 0.25) is 0 Å². The smallest absolute Gasteiger partial charge is 0.321 e. The van der Waals surface area contributed by atoms with Gasteiger partial charge in [0.2, 0.25) is 5.13 Å². The van der Waals surface area contributed by atoms with E-state index in [1.165, 1.54) is 11.5 Å². The molecule has 2 N–H and O–H groups in total. The maximum Gasteiger partial charge on any atom is 0.321 e. The predicted octanol–water partition coefficient (Wildman–Crippen LogP) is 2.73. The Hall–Kier alpha value is -1.95. The lowest BCUT2D eigenvalue weighted by molar-refractivity contribution is 0.249. The van der Waals surface area contributed by atoms with Crippen molar-refractivity contribution < 1.29 is 4.79 Å². The van der Waals surface area contributed by atoms with Gasteiger partial charge >= 0.3 is 6.03 Å². The zero-order valence-electron chi connectivity index (χ0n) is 10.2. The number of aryl methyl sites for hydroxylation is 1. The van der Waals surface area contributed by atoms with E-state index in [1.54, 1.807) is 6.92 Å². The summed E-state index contributed by atoms with van der Waals surface area (Å²) in [7, 11) is 0. The van der Waals surface area contributed by atoms with Crippen molar-refractivity contribution in [2.24, 2.45) is 0 Å². The summed E-state index contributed by atoms with van der Waals surface area (Å²) in [6.45, 7) is 3.71. The fourth-order valence-electron chi connectivity index (χ4n) is 1.50. The van der Waals surface area contributed by atoms with Crippen molar-refractivity contribution in [2.45, 2.75) is 19.9 Å². The van der Waals surface area contributed by atoms with Crippen LogP contribution in [0.3, 0.4) is 0 Å². The number of aromatic nitrogens is 2. The molecule has 0 fully saturated rings. The van der Waals surface area contributed by atoms with E-state index in [0.717, 1.165) is 5.56 Å². The second-order valence-electron chi connectivity index (χ2n) is 3.88. The van der Waals surface area contributed by atoms with Crippen molar-refractivity contribution in [1.82, 2.24) is 14.7 Å². The molecule has 18 heavy (non-hydrogen) atoms. The molecule has 0 aliphatic rings. The fraction of sp³-hybridized carbons (Fsp3) is 0.250. The number of benzene rings is 1. The SMILES string of the molecule is Cc1nsc(NC(=O)N[C@H](C)c2ccccc2)n1. The molecule has 0 saturated carbocycles. The lowest BCUT2D eigenvalue weighted by Gasteiger charge is -2.13. The molecule has 2 aromatic rings. The molecule has 0 radical (unpaired) electrons. The van der Waals surface area contributed by atoms with Gasteiger partial charge in [0, 0.05) is 11.5 Å². The van der Waals surface area contributed by atoms with Gasteiger partial charge in [-0.2, -0.15) is 4.37 Å². The summed E-state index contributed by atoms with van der Waals surface area (Å²) < 4.78 is 4.00. The average molecular weight is 262 g/mol. The normalized spacial score (nSPS) is 11.9. The molecule has 2 rings (SSSR count). The van der Waals surface area contributed by atoms with Crippen LogP contribution in [0.25, 0.3) is 0 Å². The van der Waals surface area contributed by atoms with E-state index in [9.17, 15) is 4.79 Å². The molecule has 1 atom stereocenters. The Bertz CT molecular complexity index is 526. The second kappa shape index (κ2) is 5.59. The third-order valence-corrected chi connectivity index (χ3v) is 3.12. The third-order valence-electron chi connectivity index (χ3n) is 2.40. The second-order valence-corrected chi connectivity index (χ2v) is 4.63. The van der Waals surface area contributed by atoms with Gasteiger partial charge < -0.3 is 5.32 Å². The molecule has 2 amide bonds. The molecule has 1 heterocycles. The van der Waals surface area contributed by atoms with E-state index < -0.39 is 0 Å². The minimum Gasteiger partial charge on any atom is -0.331 e. The molecule has 0 saturated heterocycles. The zero-order chi connectivity index (χ0) is 13.0. The minimum absolute atomic E-state index is 0.0554. The highest BCUT2D eigenvalue weighted by atomic mass is 32.1. The number of rotatable bonds is 3. The summed E-state index contributed by atoms with van der Waals surface area (Å²) in [6, 6.07) is 9.45. The van der Waals surface area contributed by atoms with E-state index in [2.05, 4.69) is 20.0 Å². The first-order chi connectivity index (χ1) is 8.65. The minimum atomic E-state index is -0.275. The molecular weight excluding hydrogens is 248 g/mol. The number of nitrogens with one attached hydrogen (secondary N) is 2. The summed E-state index contributed by atoms with van der Waals surface area (Å²) in [6.07, 6.45) is 0. The van der Waals surface area contributed by atoms with Crippen molar-refractivity contribution in [1.29, 1.82) is 0 Å². The quantitative estimate of drug-likeness (QED) is 0.893. The molecule has 0 bridgehead atoms. The number of anilines is 1. The summed E-state index contributed by atoms with van der Waals surface area (Å²) in [5.41, 5.74) is 1.06. The first-order valence-corrected chi connectivity index (χ1v) is 6.35. The first-order valence-electron chi connectivity index (χ1n) is 5.58. The molecular formula is C12H14N4OS. The molecule has 1 aromatic carbocycles. The van der Waals surface area contributed by atoms with Crippen LogP contribution in [0.15, 0.2) is 30.3 Å². The Morgan fingerprint density at radius 1 is 1.33 bits per heavy atom. The van der Waals surface area contributed by atoms with Crippen LogP contribution in [0.5, 0.6) is 0 Å². The van der Waals surface area contributed by atoms with E-state index in [0.29, 0.717) is 11.0 Å². The van der Waals surface area contributed by atoms with E-state index in [4.69, 9.17) is 0 Å². The number of hydrogen-bond donors (Lipinski definition) is 2. The van der Waals surface area contributed by atoms with Crippen LogP contribution in [0.1, 0.15) is 24.4 Å². The van der Waals surface area contributed by atoms with Gasteiger partial charge in [-0.15, -0.1) is 0 Å². The highest BCUT2D eigenvalue weighted by molar-refractivity contribution is 7.09. The van der Waals surface area contributed by atoms with Crippen LogP contribution in [-0.4, -0.2) is 15.4 Å². The summed E-state index contributed by atoms with van der Waals surface area (Å²) in [4.78, 5) is 15.8. The Labute approximate surface area is 109 Å². The number of urea groups is 1. The van der Waals surface area contributed by atoms with Gasteiger partial charge in [0.05, 0.1) is 6.04 Å². The Balaban J connectivity index is 1.92. The van der Waals surface area contributed by atoms with Gasteiger partial charge in [-0.25, -0.2) is 9.78 Å². The van der Waals surface area contributed by atoms with Crippen molar-refractivity contribution in [3.63, 3.8) is 0 Å². The molecule has 5 nitrogen and oxygen atoms in total. The maximum absolute atomic E-state index is 11.7. The van der Waals surface area contributed by atoms with Gasteiger partial charge in [0.1, 0.15) is 5.82 Å². The first kappa shape index (κ1) is 12.5. The van der Waals surface area contributed by atoms with E-state index in [-0.39, 0.29) is 12.1 Å². The summed E-state index contributed by atoms with van der Waals surface area (Å²) in [5, 5.41) is 6.01. The standard InChI is InChI=1S/C12H14N4OS/c1-8(10-6-4-3-5-7-10)13-11(17)15-12-14-9(2)16-18-12/h3-8H,1-2H3,(H2,13,14,15,16,17)/t8-/m1/s1. The van der Waals surface area contributed by atoms with Crippen LogP contribution in [-0.2, 0) is 0 Å². The summed E-state index contributed by atoms with van der Waals surface area (Å²) >= 11 is 1.17. The highest BCUT2D eigenvalue weighted by Gasteiger charge is 2.10. The number of nitrogens with zero attached hydrogens (tertiary/aromatic N) is 2. The number of hydrogen-bond acceptors (Lipinski definition) is 4. The van der Waals surface area contributed by atoms with Gasteiger partial charge in [-0.1, -0.05) is 30.3 Å². The Morgan fingerprint density at radius 3 is 2.67 bits per heavy atom. The summed E-state index contributed by atoms with van der Waals surface area (Å²) in [5.74, 6) is 0.659. The zero-order valence-corrected chi connectivity index (χ0v) is 11.0. The monoisotopic (exact) mass is 262 g/mol. The Morgan fingerprint density at radius 2 is 2.06 bits per heavy atom. The van der Waals surface area contributed by atoms with E-state index >= 15 is 0 Å². The molecule has 0 aliphatic carbocycles. The van der Waals surface area contributed by atoms with Crippen LogP contribution in [0, 0.1) is 6.92 Å². The highest BCUT2D eigenvalue weighted by Crippen LogP contribution is 2.13. The van der Waals surface area contributed by atoms with Crippen molar-refractivity contribution in [3.8, 4) is 0 Å². The molecule has 94 valence electrons. The predicted molar refractivity (Wildman–Crippen MR) is 71.7 cm³/mol. The molecule has 6 heteroatoms. The third kappa shape index (κ3) is 3.27. The van der Waals surface area contributed by atoms with Gasteiger partial charge in [0.25, 0.3) is 0 Å². The fourth-order valence-corrected chi connectivity index (χ4v) is 2.07. The van der Waals surface area contributed by atoms with Gasteiger partial charge in [0.15, 0.2) is 0 Å². The average Bonchev–Trinajstić information content (AvgIpc) is 2.75. The van der Waals surface area contributed by atoms with E-state index in [1.807, 2.05) is 37.3 Å². The van der Waals surface area contributed by atoms with Crippen molar-refractivity contribution in [2.75, 3.05) is 5.32 Å². The molecule has 0 aliphatic heterocycles. The maximum atomic E-state index is 11.7. The van der Waals surface area contributed by atoms with Gasteiger partial charge in [-0.05, 0) is 19.4 Å². The number of amides is 2. The topological polar surface area (TPSA) is 66.9 Å². The largest absolute Gasteiger partial charge is 0.331 e. The lowest BCUT2D eigenvalue weighted by Crippen LogP contribution is -2.31. The molecule has 0 spiro atoms. The van der Waals surface area contributed by atoms with Crippen molar-refractivity contribution in [3.05, 3.63) is 41.7 Å². The number of carbonyl (C=O) groups is 1. The number of carbonyl (C=O) groups excluding carboxylic acids is 1. The molecule has 0 unspecified atom stereocenters. The van der Waals surface area contributed by atoms with Crippen LogP contribution < -0.4 is 10.6 Å². The molecule has 1 aromatic heterocycles. The van der Waals surface area contributed by atoms with Gasteiger partial charge in [-0.3, -0.25) is 5.32 Å². The Kier molecular flexibility index (Phi) is 3.88. The van der Waals surface area contributed by atoms with Crippen LogP contribution >= 0.6 is 11.5 Å². The van der Waals surface area contributed by atoms with Crippen LogP contribution in [0.4, 0.5) is 9.93 Å². The lowest BCUT2D eigenvalue weighted by atomic mass is 10.1. The van der Waals surface area contributed by atoms with Crippen molar-refractivity contribution >= 4 is 22.7 Å².